The van der Waals surface area contributed by atoms with Gasteiger partial charge in [-0.1, -0.05) is 52.1 Å². The fraction of sp³-hybridized carbons (Fsp3) is 0.538. The van der Waals surface area contributed by atoms with Gasteiger partial charge in [-0.2, -0.15) is 0 Å². The molecule has 2 unspecified atom stereocenters. The average Bonchev–Trinajstić information content (AvgIpc) is 2.51. The van der Waals surface area contributed by atoms with Crippen molar-refractivity contribution in [2.75, 3.05) is 0 Å². The fourth-order valence-corrected chi connectivity index (χ4v) is 5.44. The molecule has 2 rings (SSSR count). The largest absolute Gasteiger partial charge is 0.0964 e. The van der Waals surface area contributed by atoms with Gasteiger partial charge in [-0.15, -0.1) is 0 Å². The third-order valence-corrected chi connectivity index (χ3v) is 6.85. The van der Waals surface area contributed by atoms with Crippen molar-refractivity contribution >= 4 is 7.92 Å². The van der Waals surface area contributed by atoms with E-state index in [0.717, 1.165) is 11.3 Å². The molecule has 0 saturated carbocycles. The van der Waals surface area contributed by atoms with Crippen LogP contribution in [-0.2, 0) is 6.16 Å². The summed E-state index contributed by atoms with van der Waals surface area (Å²) in [6.07, 6.45) is 4.26. The van der Waals surface area contributed by atoms with Crippen LogP contribution >= 0.6 is 7.92 Å². The van der Waals surface area contributed by atoms with Crippen molar-refractivity contribution in [3.05, 3.63) is 35.9 Å². The zero-order valence-electron chi connectivity index (χ0n) is 9.11. The van der Waals surface area contributed by atoms with Crippen LogP contribution in [0.2, 0.25) is 0 Å². The second kappa shape index (κ2) is 4.45. The van der Waals surface area contributed by atoms with E-state index < -0.39 is 0 Å². The van der Waals surface area contributed by atoms with Crippen molar-refractivity contribution in [3.63, 3.8) is 0 Å². The normalized spacial score (nSPS) is 32.0. The number of rotatable bonds is 2. The van der Waals surface area contributed by atoms with E-state index in [4.69, 9.17) is 0 Å². The minimum atomic E-state index is 0.256. The summed E-state index contributed by atoms with van der Waals surface area (Å²) in [5, 5.41) is 0. The molecule has 0 spiro atoms. The van der Waals surface area contributed by atoms with Crippen LogP contribution < -0.4 is 0 Å². The lowest BCUT2D eigenvalue weighted by atomic mass is 10.2. The number of hydrogen-bond donors (Lipinski definition) is 0. The Morgan fingerprint density at radius 1 is 1.07 bits per heavy atom. The summed E-state index contributed by atoms with van der Waals surface area (Å²) >= 11 is 0. The molecule has 1 aliphatic rings. The maximum Gasteiger partial charge on any atom is -0.00683 e. The molecular weight excluding hydrogens is 187 g/mol. The van der Waals surface area contributed by atoms with Crippen LogP contribution in [0.25, 0.3) is 0 Å². The smallest absolute Gasteiger partial charge is 0.00683 e. The molecule has 0 nitrogen and oxygen atoms in total. The molecule has 76 valence electrons. The maximum atomic E-state index is 2.44. The zero-order valence-corrected chi connectivity index (χ0v) is 10.0. The third kappa shape index (κ3) is 2.17. The van der Waals surface area contributed by atoms with Crippen molar-refractivity contribution in [3.8, 4) is 0 Å². The van der Waals surface area contributed by atoms with Crippen LogP contribution in [0, 0.1) is 0 Å². The molecule has 0 bridgehead atoms. The molecular formula is C13H19P. The van der Waals surface area contributed by atoms with Gasteiger partial charge in [0.15, 0.2) is 0 Å². The Kier molecular flexibility index (Phi) is 3.23. The molecule has 1 aromatic carbocycles. The maximum absolute atomic E-state index is 2.44. The quantitative estimate of drug-likeness (QED) is 0.635. The van der Waals surface area contributed by atoms with Crippen molar-refractivity contribution in [2.24, 2.45) is 0 Å². The first-order chi connectivity index (χ1) is 6.77. The van der Waals surface area contributed by atoms with Gasteiger partial charge in [0.1, 0.15) is 0 Å². The van der Waals surface area contributed by atoms with E-state index in [1.165, 1.54) is 19.0 Å². The van der Waals surface area contributed by atoms with E-state index in [-0.39, 0.29) is 7.92 Å². The van der Waals surface area contributed by atoms with E-state index in [2.05, 4.69) is 44.2 Å². The molecule has 1 heteroatoms. The van der Waals surface area contributed by atoms with Crippen molar-refractivity contribution in [2.45, 2.75) is 44.2 Å². The summed E-state index contributed by atoms with van der Waals surface area (Å²) < 4.78 is 0. The molecule has 0 radical (unpaired) electrons. The van der Waals surface area contributed by atoms with Gasteiger partial charge < -0.3 is 0 Å². The molecule has 0 aliphatic carbocycles. The first-order valence-corrected chi connectivity index (χ1v) is 7.23. The summed E-state index contributed by atoms with van der Waals surface area (Å²) in [6.45, 7) is 4.89. The predicted molar refractivity (Wildman–Crippen MR) is 65.2 cm³/mol. The van der Waals surface area contributed by atoms with E-state index in [1.54, 1.807) is 5.56 Å². The molecule has 1 aromatic rings. The van der Waals surface area contributed by atoms with Gasteiger partial charge in [-0.3, -0.25) is 0 Å². The molecule has 0 aromatic heterocycles. The standard InChI is InChI=1S/C13H19P/c1-11-8-9-12(2)14(11)10-13-6-4-3-5-7-13/h3-7,11-12H,8-10H2,1-2H3. The predicted octanol–water partition coefficient (Wildman–Crippen LogP) is 4.24. The molecule has 0 amide bonds. The Morgan fingerprint density at radius 2 is 1.64 bits per heavy atom. The highest BCUT2D eigenvalue weighted by Gasteiger charge is 2.29. The summed E-state index contributed by atoms with van der Waals surface area (Å²) in [7, 11) is 0.256. The second-order valence-corrected chi connectivity index (χ2v) is 7.54. The Labute approximate surface area is 88.5 Å². The van der Waals surface area contributed by atoms with Crippen molar-refractivity contribution in [1.82, 2.24) is 0 Å². The van der Waals surface area contributed by atoms with Crippen LogP contribution in [0.3, 0.4) is 0 Å². The van der Waals surface area contributed by atoms with Gasteiger partial charge >= 0.3 is 0 Å². The van der Waals surface area contributed by atoms with Crippen LogP contribution in [0.15, 0.2) is 30.3 Å². The van der Waals surface area contributed by atoms with Crippen LogP contribution in [0.1, 0.15) is 32.3 Å². The van der Waals surface area contributed by atoms with Gasteiger partial charge in [0, 0.05) is 0 Å². The molecule has 1 aliphatic heterocycles. The third-order valence-electron chi connectivity index (χ3n) is 3.34. The highest BCUT2D eigenvalue weighted by Crippen LogP contribution is 2.57. The SMILES string of the molecule is CC1CCC(C)P1Cc1ccccc1. The minimum Gasteiger partial charge on any atom is -0.0964 e. The van der Waals surface area contributed by atoms with E-state index in [9.17, 15) is 0 Å². The molecule has 0 N–H and O–H groups in total. The summed E-state index contributed by atoms with van der Waals surface area (Å²) in [5.74, 6) is 0. The van der Waals surface area contributed by atoms with Crippen LogP contribution in [0.4, 0.5) is 0 Å². The van der Waals surface area contributed by atoms with Gasteiger partial charge in [-0.25, -0.2) is 0 Å². The van der Waals surface area contributed by atoms with Crippen molar-refractivity contribution in [1.29, 1.82) is 0 Å². The molecule has 2 atom stereocenters. The Bertz CT molecular complexity index is 271. The summed E-state index contributed by atoms with van der Waals surface area (Å²) in [5.41, 5.74) is 3.51. The van der Waals surface area contributed by atoms with Gasteiger partial charge in [0.2, 0.25) is 0 Å². The summed E-state index contributed by atoms with van der Waals surface area (Å²) in [6, 6.07) is 11.0. The number of hydrogen-bond acceptors (Lipinski definition) is 0. The Morgan fingerprint density at radius 3 is 2.21 bits per heavy atom. The number of benzene rings is 1. The molecule has 14 heavy (non-hydrogen) atoms. The van der Waals surface area contributed by atoms with E-state index >= 15 is 0 Å². The lowest BCUT2D eigenvalue weighted by Gasteiger charge is -2.20. The van der Waals surface area contributed by atoms with Crippen LogP contribution in [-0.4, -0.2) is 11.3 Å². The summed E-state index contributed by atoms with van der Waals surface area (Å²) in [4.78, 5) is 0. The van der Waals surface area contributed by atoms with E-state index in [1.807, 2.05) is 0 Å². The highest BCUT2D eigenvalue weighted by atomic mass is 31.1. The van der Waals surface area contributed by atoms with E-state index in [0.29, 0.717) is 0 Å². The van der Waals surface area contributed by atoms with Crippen LogP contribution in [0.5, 0.6) is 0 Å². The van der Waals surface area contributed by atoms with Gasteiger partial charge in [0.05, 0.1) is 0 Å². The first-order valence-electron chi connectivity index (χ1n) is 5.57. The topological polar surface area (TPSA) is 0 Å². The average molecular weight is 206 g/mol. The first kappa shape index (κ1) is 10.2. The molecule has 1 fully saturated rings. The molecule has 1 saturated heterocycles. The van der Waals surface area contributed by atoms with Gasteiger partial charge in [-0.05, 0) is 35.9 Å². The fourth-order valence-electron chi connectivity index (χ4n) is 2.35. The lowest BCUT2D eigenvalue weighted by Crippen LogP contribution is -1.99. The highest BCUT2D eigenvalue weighted by molar-refractivity contribution is 7.58. The van der Waals surface area contributed by atoms with Crippen molar-refractivity contribution < 1.29 is 0 Å². The Balaban J connectivity index is 2.04. The monoisotopic (exact) mass is 206 g/mol. The van der Waals surface area contributed by atoms with Gasteiger partial charge in [0.25, 0.3) is 0 Å². The second-order valence-electron chi connectivity index (χ2n) is 4.43. The lowest BCUT2D eigenvalue weighted by molar-refractivity contribution is 0.777. The zero-order chi connectivity index (χ0) is 9.97. The Hall–Kier alpha value is -0.350. The minimum absolute atomic E-state index is 0.256. The molecule has 1 heterocycles.